The highest BCUT2D eigenvalue weighted by Gasteiger charge is 2.19. The molecule has 1 aliphatic rings. The smallest absolute Gasteiger partial charge is 0.303 e. The Labute approximate surface area is 97.0 Å². The minimum absolute atomic E-state index is 0.104. The van der Waals surface area contributed by atoms with Crippen LogP contribution in [0, 0.1) is 5.92 Å². The number of unbranched alkanes of at least 4 members (excludes halogenated alkanes) is 1. The quantitative estimate of drug-likeness (QED) is 0.577. The van der Waals surface area contributed by atoms with Crippen molar-refractivity contribution in [2.24, 2.45) is 5.92 Å². The van der Waals surface area contributed by atoms with Crippen LogP contribution < -0.4 is 5.32 Å². The molecule has 0 aromatic rings. The highest BCUT2D eigenvalue weighted by Crippen LogP contribution is 2.23. The summed E-state index contributed by atoms with van der Waals surface area (Å²) in [5, 5.41) is 21.3. The van der Waals surface area contributed by atoms with Gasteiger partial charge in [-0.05, 0) is 51.1 Å². The molecule has 4 heteroatoms. The van der Waals surface area contributed by atoms with Gasteiger partial charge in [-0.25, -0.2) is 0 Å². The van der Waals surface area contributed by atoms with Crippen molar-refractivity contribution < 1.29 is 15.0 Å². The second-order valence-electron chi connectivity index (χ2n) is 4.74. The first-order valence-corrected chi connectivity index (χ1v) is 6.29. The summed E-state index contributed by atoms with van der Waals surface area (Å²) in [6.45, 7) is 1.85. The third-order valence-electron chi connectivity index (χ3n) is 3.18. The molecule has 4 nitrogen and oxygen atoms in total. The lowest BCUT2D eigenvalue weighted by Crippen LogP contribution is -2.29. The second kappa shape index (κ2) is 7.63. The molecule has 1 fully saturated rings. The van der Waals surface area contributed by atoms with Crippen LogP contribution in [-0.4, -0.2) is 35.4 Å². The van der Waals surface area contributed by atoms with Crippen LogP contribution in [0.25, 0.3) is 0 Å². The zero-order valence-electron chi connectivity index (χ0n) is 9.82. The van der Waals surface area contributed by atoms with E-state index >= 15 is 0 Å². The van der Waals surface area contributed by atoms with Crippen LogP contribution in [-0.2, 0) is 4.79 Å². The Morgan fingerprint density at radius 1 is 1.31 bits per heavy atom. The molecule has 3 N–H and O–H groups in total. The number of rotatable bonds is 7. The second-order valence-corrected chi connectivity index (χ2v) is 4.74. The molecule has 1 aliphatic carbocycles. The minimum atomic E-state index is -0.713. The van der Waals surface area contributed by atoms with Crippen molar-refractivity contribution in [1.82, 2.24) is 5.32 Å². The van der Waals surface area contributed by atoms with Crippen molar-refractivity contribution in [2.45, 2.75) is 51.0 Å². The summed E-state index contributed by atoms with van der Waals surface area (Å²) < 4.78 is 0. The number of hydrogen-bond acceptors (Lipinski definition) is 3. The van der Waals surface area contributed by atoms with Gasteiger partial charge in [0.15, 0.2) is 0 Å². The first kappa shape index (κ1) is 13.5. The monoisotopic (exact) mass is 229 g/mol. The van der Waals surface area contributed by atoms with Crippen molar-refractivity contribution in [1.29, 1.82) is 0 Å². The van der Waals surface area contributed by atoms with Crippen molar-refractivity contribution in [2.75, 3.05) is 13.1 Å². The number of carboxylic acids is 1. The fraction of sp³-hybridized carbons (Fsp3) is 0.917. The Morgan fingerprint density at radius 3 is 2.81 bits per heavy atom. The van der Waals surface area contributed by atoms with Crippen LogP contribution >= 0.6 is 0 Å². The summed E-state index contributed by atoms with van der Waals surface area (Å²) >= 11 is 0. The van der Waals surface area contributed by atoms with Gasteiger partial charge in [0.05, 0.1) is 6.10 Å². The number of aliphatic carboxylic acids is 1. The highest BCUT2D eigenvalue weighted by atomic mass is 16.4. The molecule has 2 unspecified atom stereocenters. The van der Waals surface area contributed by atoms with E-state index in [-0.39, 0.29) is 12.5 Å². The zero-order chi connectivity index (χ0) is 11.8. The van der Waals surface area contributed by atoms with Crippen LogP contribution in [0.5, 0.6) is 0 Å². The van der Waals surface area contributed by atoms with Gasteiger partial charge >= 0.3 is 5.97 Å². The van der Waals surface area contributed by atoms with Crippen molar-refractivity contribution >= 4 is 5.97 Å². The van der Waals surface area contributed by atoms with E-state index in [1.807, 2.05) is 0 Å². The maximum absolute atomic E-state index is 10.3. The van der Waals surface area contributed by atoms with Crippen molar-refractivity contribution in [3.05, 3.63) is 0 Å². The molecule has 0 bridgehead atoms. The van der Waals surface area contributed by atoms with Gasteiger partial charge in [-0.2, -0.15) is 0 Å². The molecular weight excluding hydrogens is 206 g/mol. The molecule has 0 saturated heterocycles. The standard InChI is InChI=1S/C12H23NO3/c14-11-5-3-4-10(8-11)9-13-7-2-1-6-12(15)16/h10-11,13-14H,1-9H2,(H,15,16). The number of carboxylic acid groups (broad SMARTS) is 1. The van der Waals surface area contributed by atoms with Gasteiger partial charge < -0.3 is 15.5 Å². The molecular formula is C12H23NO3. The first-order chi connectivity index (χ1) is 7.68. The number of carbonyl (C=O) groups is 1. The van der Waals surface area contributed by atoms with Gasteiger partial charge in [-0.3, -0.25) is 4.79 Å². The van der Waals surface area contributed by atoms with Gasteiger partial charge in [-0.1, -0.05) is 6.42 Å². The van der Waals surface area contributed by atoms with E-state index in [9.17, 15) is 9.90 Å². The molecule has 2 atom stereocenters. The molecule has 16 heavy (non-hydrogen) atoms. The van der Waals surface area contributed by atoms with Crippen LogP contribution in [0.2, 0.25) is 0 Å². The van der Waals surface area contributed by atoms with E-state index in [1.54, 1.807) is 0 Å². The van der Waals surface area contributed by atoms with Crippen LogP contribution in [0.3, 0.4) is 0 Å². The van der Waals surface area contributed by atoms with Crippen molar-refractivity contribution in [3.8, 4) is 0 Å². The summed E-state index contributed by atoms with van der Waals surface area (Å²) in [7, 11) is 0. The fourth-order valence-corrected chi connectivity index (χ4v) is 2.28. The Kier molecular flexibility index (Phi) is 6.42. The Morgan fingerprint density at radius 2 is 2.12 bits per heavy atom. The predicted octanol–water partition coefficient (Wildman–Crippen LogP) is 1.38. The summed E-state index contributed by atoms with van der Waals surface area (Å²) in [6.07, 6.45) is 6.04. The third-order valence-corrected chi connectivity index (χ3v) is 3.18. The Bertz CT molecular complexity index is 208. The summed E-state index contributed by atoms with van der Waals surface area (Å²) in [6, 6.07) is 0. The summed E-state index contributed by atoms with van der Waals surface area (Å²) in [5.74, 6) is -0.112. The lowest BCUT2D eigenvalue weighted by molar-refractivity contribution is -0.137. The Hall–Kier alpha value is -0.610. The minimum Gasteiger partial charge on any atom is -0.481 e. The molecule has 1 rings (SSSR count). The van der Waals surface area contributed by atoms with Crippen LogP contribution in [0.4, 0.5) is 0 Å². The van der Waals surface area contributed by atoms with Gasteiger partial charge in [0, 0.05) is 6.42 Å². The number of nitrogens with one attached hydrogen (secondary N) is 1. The average Bonchev–Trinajstić information content (AvgIpc) is 2.23. The van der Waals surface area contributed by atoms with Crippen LogP contribution in [0.1, 0.15) is 44.9 Å². The predicted molar refractivity (Wildman–Crippen MR) is 62.3 cm³/mol. The number of aliphatic hydroxyl groups excluding tert-OH is 1. The van der Waals surface area contributed by atoms with Gasteiger partial charge in [0.2, 0.25) is 0 Å². The zero-order valence-corrected chi connectivity index (χ0v) is 9.82. The molecule has 0 radical (unpaired) electrons. The molecule has 1 saturated carbocycles. The maximum Gasteiger partial charge on any atom is 0.303 e. The SMILES string of the molecule is O=C(O)CCCCNCC1CCCC(O)C1. The summed E-state index contributed by atoms with van der Waals surface area (Å²) in [4.78, 5) is 10.3. The fourth-order valence-electron chi connectivity index (χ4n) is 2.28. The van der Waals surface area contributed by atoms with E-state index in [4.69, 9.17) is 5.11 Å². The maximum atomic E-state index is 10.3. The normalized spacial score (nSPS) is 25.6. The molecule has 94 valence electrons. The largest absolute Gasteiger partial charge is 0.481 e. The molecule has 0 aliphatic heterocycles. The highest BCUT2D eigenvalue weighted by molar-refractivity contribution is 5.66. The molecule has 0 amide bonds. The van der Waals surface area contributed by atoms with Crippen LogP contribution in [0.15, 0.2) is 0 Å². The lowest BCUT2D eigenvalue weighted by atomic mass is 9.87. The first-order valence-electron chi connectivity index (χ1n) is 6.29. The molecule has 0 aromatic heterocycles. The topological polar surface area (TPSA) is 69.6 Å². The number of hydrogen-bond donors (Lipinski definition) is 3. The molecule has 0 spiro atoms. The average molecular weight is 229 g/mol. The summed E-state index contributed by atoms with van der Waals surface area (Å²) in [5.41, 5.74) is 0. The van der Waals surface area contributed by atoms with E-state index in [0.29, 0.717) is 5.92 Å². The third kappa shape index (κ3) is 6.08. The number of aliphatic hydroxyl groups is 1. The lowest BCUT2D eigenvalue weighted by Gasteiger charge is -2.25. The van der Waals surface area contributed by atoms with E-state index < -0.39 is 5.97 Å². The Balaban J connectivity index is 1.92. The van der Waals surface area contributed by atoms with E-state index in [0.717, 1.165) is 45.2 Å². The van der Waals surface area contributed by atoms with Gasteiger partial charge in [-0.15, -0.1) is 0 Å². The van der Waals surface area contributed by atoms with Gasteiger partial charge in [0.1, 0.15) is 0 Å². The van der Waals surface area contributed by atoms with E-state index in [1.165, 1.54) is 6.42 Å². The van der Waals surface area contributed by atoms with E-state index in [2.05, 4.69) is 5.32 Å². The van der Waals surface area contributed by atoms with Gasteiger partial charge in [0.25, 0.3) is 0 Å². The molecule has 0 heterocycles. The molecule has 0 aromatic carbocycles. The van der Waals surface area contributed by atoms with Crippen molar-refractivity contribution in [3.63, 3.8) is 0 Å².